The number of nitrogen functional groups attached to an aromatic ring is 1. The first-order chi connectivity index (χ1) is 26.5. The van der Waals surface area contributed by atoms with Crippen molar-refractivity contribution in [1.82, 2.24) is 0 Å². The number of amides is 6. The van der Waals surface area contributed by atoms with E-state index < -0.39 is 35.4 Å². The Bertz CT molecular complexity index is 2400. The summed E-state index contributed by atoms with van der Waals surface area (Å²) in [7, 11) is 0. The number of benzene rings is 6. The molecule has 0 bridgehead atoms. The van der Waals surface area contributed by atoms with E-state index in [0.29, 0.717) is 39.9 Å². The third kappa shape index (κ3) is 6.44. The number of carbonyl (C=O) groups excluding carboxylic acids is 6. The number of hydrogen-bond donors (Lipinski definition) is 3. The number of rotatable bonds is 8. The van der Waals surface area contributed by atoms with Gasteiger partial charge in [0.1, 0.15) is 11.5 Å². The third-order valence-corrected chi connectivity index (χ3v) is 9.20. The van der Waals surface area contributed by atoms with Gasteiger partial charge in [-0.05, 0) is 128 Å². The summed E-state index contributed by atoms with van der Waals surface area (Å²) in [4.78, 5) is 81.2. The van der Waals surface area contributed by atoms with Gasteiger partial charge in [-0.25, -0.2) is 9.80 Å². The average Bonchev–Trinajstić information content (AvgIpc) is 3.60. The Kier molecular flexibility index (Phi) is 8.47. The molecule has 0 aromatic heterocycles. The number of nitrogens with two attached hydrogens (primary N) is 1. The molecule has 0 fully saturated rings. The van der Waals surface area contributed by atoms with Crippen LogP contribution < -0.4 is 30.9 Å². The van der Waals surface area contributed by atoms with Gasteiger partial charge in [-0.15, -0.1) is 0 Å². The lowest BCUT2D eigenvalue weighted by Gasteiger charge is -2.16. The Morgan fingerprint density at radius 2 is 0.873 bits per heavy atom. The highest BCUT2D eigenvalue weighted by atomic mass is 16.5. The molecule has 0 atom stereocenters. The van der Waals surface area contributed by atoms with Gasteiger partial charge in [0.2, 0.25) is 0 Å². The number of imide groups is 2. The minimum atomic E-state index is -0.568. The van der Waals surface area contributed by atoms with Crippen LogP contribution in [-0.2, 0) is 0 Å². The van der Waals surface area contributed by atoms with Crippen LogP contribution in [0.2, 0.25) is 0 Å². The molecule has 8 rings (SSSR count). The Morgan fingerprint density at radius 1 is 0.491 bits per heavy atom. The molecule has 0 spiro atoms. The largest absolute Gasteiger partial charge is 0.457 e. The molecule has 55 heavy (non-hydrogen) atoms. The van der Waals surface area contributed by atoms with E-state index >= 15 is 0 Å². The number of nitrogens with one attached hydrogen (secondary N) is 2. The molecule has 268 valence electrons. The maximum Gasteiger partial charge on any atom is 0.266 e. The van der Waals surface area contributed by atoms with Crippen LogP contribution in [0.5, 0.6) is 11.5 Å². The lowest BCUT2D eigenvalue weighted by Crippen LogP contribution is -2.29. The quantitative estimate of drug-likeness (QED) is 0.107. The number of hydrogen-bond acceptors (Lipinski definition) is 8. The smallest absolute Gasteiger partial charge is 0.266 e. The molecule has 0 saturated carbocycles. The van der Waals surface area contributed by atoms with Gasteiger partial charge in [-0.1, -0.05) is 17.7 Å². The zero-order valence-corrected chi connectivity index (χ0v) is 29.0. The second-order valence-electron chi connectivity index (χ2n) is 12.9. The first-order valence-electron chi connectivity index (χ1n) is 17.0. The molecule has 2 aliphatic heterocycles. The maximum atomic E-state index is 13.4. The van der Waals surface area contributed by atoms with Crippen molar-refractivity contribution < 1.29 is 33.5 Å². The van der Waals surface area contributed by atoms with E-state index in [0.717, 1.165) is 15.4 Å². The third-order valence-electron chi connectivity index (χ3n) is 9.20. The van der Waals surface area contributed by atoms with Crippen molar-refractivity contribution in [2.45, 2.75) is 6.92 Å². The van der Waals surface area contributed by atoms with Crippen molar-refractivity contribution in [1.29, 1.82) is 0 Å². The SMILES string of the molecule is Cc1ccc(NC(=O)c2ccc3c(c2)C(=O)N(c2ccc(Oc4ccc(N5C(=O)c6ccc(C(=O)Nc7ccc(N)cc7)cc6C5=O)cc4)cc2)C3=O)cc1. The molecule has 2 heterocycles. The fourth-order valence-electron chi connectivity index (χ4n) is 6.31. The fourth-order valence-corrected chi connectivity index (χ4v) is 6.31. The molecular formula is C43H29N5O7. The molecule has 0 saturated heterocycles. The molecule has 0 radical (unpaired) electrons. The van der Waals surface area contributed by atoms with Gasteiger partial charge < -0.3 is 21.1 Å². The lowest BCUT2D eigenvalue weighted by molar-refractivity contribution is 0.0910. The average molecular weight is 728 g/mol. The number of carbonyl (C=O) groups is 6. The van der Waals surface area contributed by atoms with Gasteiger partial charge in [0.05, 0.1) is 33.6 Å². The molecule has 12 nitrogen and oxygen atoms in total. The van der Waals surface area contributed by atoms with Crippen LogP contribution in [0.1, 0.15) is 67.7 Å². The maximum absolute atomic E-state index is 13.4. The summed E-state index contributed by atoms with van der Waals surface area (Å²) in [6.45, 7) is 1.94. The van der Waals surface area contributed by atoms with Crippen molar-refractivity contribution >= 4 is 63.9 Å². The molecule has 2 aliphatic rings. The van der Waals surface area contributed by atoms with Crippen LogP contribution >= 0.6 is 0 Å². The molecule has 6 aromatic carbocycles. The zero-order chi connectivity index (χ0) is 38.4. The first-order valence-corrected chi connectivity index (χ1v) is 17.0. The summed E-state index contributed by atoms with van der Waals surface area (Å²) in [6.07, 6.45) is 0. The summed E-state index contributed by atoms with van der Waals surface area (Å²) >= 11 is 0. The van der Waals surface area contributed by atoms with E-state index in [1.807, 2.05) is 19.1 Å². The van der Waals surface area contributed by atoms with Crippen LogP contribution in [0.3, 0.4) is 0 Å². The molecule has 6 amide bonds. The Hall–Kier alpha value is -7.86. The van der Waals surface area contributed by atoms with Gasteiger partial charge in [0, 0.05) is 28.2 Å². The molecule has 4 N–H and O–H groups in total. The van der Waals surface area contributed by atoms with E-state index in [2.05, 4.69) is 10.6 Å². The van der Waals surface area contributed by atoms with E-state index in [9.17, 15) is 28.8 Å². The van der Waals surface area contributed by atoms with Crippen LogP contribution in [0.4, 0.5) is 28.4 Å². The molecule has 0 aliphatic carbocycles. The fraction of sp³-hybridized carbons (Fsp3) is 0.0233. The second kappa shape index (κ2) is 13.6. The van der Waals surface area contributed by atoms with Crippen LogP contribution in [0.15, 0.2) is 133 Å². The Labute approximate surface area is 313 Å². The van der Waals surface area contributed by atoms with Crippen molar-refractivity contribution in [2.24, 2.45) is 0 Å². The minimum Gasteiger partial charge on any atom is -0.457 e. The van der Waals surface area contributed by atoms with Crippen molar-refractivity contribution in [3.8, 4) is 11.5 Å². The van der Waals surface area contributed by atoms with Crippen molar-refractivity contribution in [3.05, 3.63) is 172 Å². The van der Waals surface area contributed by atoms with Gasteiger partial charge in [0.25, 0.3) is 35.4 Å². The lowest BCUT2D eigenvalue weighted by atomic mass is 10.1. The molecule has 12 heteroatoms. The number of aryl methyl sites for hydroxylation is 1. The standard InChI is InChI=1S/C43H29N5O7/c1-24-2-8-28(9-3-24)45-38(49)25-4-20-34-36(22-25)42(53)47(40(34)51)30-12-16-32(17-13-30)55-33-18-14-31(15-19-33)48-41(52)35-21-5-26(23-37(35)43(48)54)39(50)46-29-10-6-27(44)7-11-29/h2-23H,44H2,1H3,(H,45,49)(H,46,50). The van der Waals surface area contributed by atoms with Crippen LogP contribution in [-0.4, -0.2) is 35.4 Å². The van der Waals surface area contributed by atoms with Crippen molar-refractivity contribution in [2.75, 3.05) is 26.2 Å². The minimum absolute atomic E-state index is 0.109. The zero-order valence-electron chi connectivity index (χ0n) is 29.0. The van der Waals surface area contributed by atoms with Gasteiger partial charge >= 0.3 is 0 Å². The number of anilines is 5. The highest BCUT2D eigenvalue weighted by Crippen LogP contribution is 2.34. The van der Waals surface area contributed by atoms with E-state index in [4.69, 9.17) is 10.5 Å². The number of nitrogens with zero attached hydrogens (tertiary/aromatic N) is 2. The summed E-state index contributed by atoms with van der Waals surface area (Å²) in [5.41, 5.74) is 10.1. The highest BCUT2D eigenvalue weighted by Gasteiger charge is 2.38. The Morgan fingerprint density at radius 3 is 1.29 bits per heavy atom. The number of fused-ring (bicyclic) bond motifs is 2. The topological polar surface area (TPSA) is 168 Å². The monoisotopic (exact) mass is 727 g/mol. The Balaban J connectivity index is 0.918. The number of ether oxygens (including phenoxy) is 1. The highest BCUT2D eigenvalue weighted by molar-refractivity contribution is 6.35. The second-order valence-corrected chi connectivity index (χ2v) is 12.9. The molecule has 0 unspecified atom stereocenters. The van der Waals surface area contributed by atoms with E-state index in [-0.39, 0.29) is 33.4 Å². The van der Waals surface area contributed by atoms with Gasteiger partial charge in [-0.2, -0.15) is 0 Å². The van der Waals surface area contributed by atoms with Gasteiger partial charge in [-0.3, -0.25) is 28.8 Å². The van der Waals surface area contributed by atoms with Crippen LogP contribution in [0.25, 0.3) is 0 Å². The summed E-state index contributed by atoms with van der Waals surface area (Å²) in [5.74, 6) is -2.22. The van der Waals surface area contributed by atoms with Crippen molar-refractivity contribution in [3.63, 3.8) is 0 Å². The first kappa shape index (κ1) is 34.2. The predicted octanol–water partition coefficient (Wildman–Crippen LogP) is 7.48. The van der Waals surface area contributed by atoms with Crippen LogP contribution in [0, 0.1) is 6.92 Å². The molecular weight excluding hydrogens is 699 g/mol. The van der Waals surface area contributed by atoms with E-state index in [1.54, 1.807) is 84.9 Å². The normalized spacial score (nSPS) is 13.1. The summed E-state index contributed by atoms with van der Waals surface area (Å²) in [6, 6.07) is 35.3. The van der Waals surface area contributed by atoms with Gasteiger partial charge in [0.15, 0.2) is 0 Å². The summed E-state index contributed by atoms with van der Waals surface area (Å²) < 4.78 is 5.97. The molecule has 6 aromatic rings. The summed E-state index contributed by atoms with van der Waals surface area (Å²) in [5, 5.41) is 5.55. The van der Waals surface area contributed by atoms with E-state index in [1.165, 1.54) is 36.4 Å². The predicted molar refractivity (Wildman–Crippen MR) is 206 cm³/mol.